The number of rotatable bonds is 3. The van der Waals surface area contributed by atoms with Gasteiger partial charge in [0.25, 0.3) is 5.91 Å². The lowest BCUT2D eigenvalue weighted by molar-refractivity contribution is 0.0625. The zero-order valence-corrected chi connectivity index (χ0v) is 19.9. The predicted molar refractivity (Wildman–Crippen MR) is 121 cm³/mol. The SMILES string of the molecule is CCC(O)C1CN(C)C(=O)c2c3c(nn2C1)CC(C)N(C(=O)Nc1ccc(F)c(Br)c1)C3. The molecule has 3 unspecified atom stereocenters. The summed E-state index contributed by atoms with van der Waals surface area (Å²) in [6, 6.07) is 3.84. The summed E-state index contributed by atoms with van der Waals surface area (Å²) < 4.78 is 15.5. The van der Waals surface area contributed by atoms with Gasteiger partial charge < -0.3 is 20.2 Å². The zero-order valence-electron chi connectivity index (χ0n) is 18.3. The second-order valence-corrected chi connectivity index (χ2v) is 9.47. The number of urea groups is 1. The summed E-state index contributed by atoms with van der Waals surface area (Å²) in [5, 5.41) is 17.9. The zero-order chi connectivity index (χ0) is 23.2. The van der Waals surface area contributed by atoms with Gasteiger partial charge in [0.1, 0.15) is 11.5 Å². The van der Waals surface area contributed by atoms with Crippen molar-refractivity contribution in [3.05, 3.63) is 45.4 Å². The summed E-state index contributed by atoms with van der Waals surface area (Å²) in [6.07, 6.45) is 0.607. The molecule has 172 valence electrons. The number of amides is 3. The molecule has 2 aliphatic rings. The van der Waals surface area contributed by atoms with Crippen LogP contribution in [0, 0.1) is 11.7 Å². The van der Waals surface area contributed by atoms with Gasteiger partial charge in [-0.25, -0.2) is 9.18 Å². The van der Waals surface area contributed by atoms with Crippen LogP contribution < -0.4 is 5.32 Å². The van der Waals surface area contributed by atoms with Gasteiger partial charge in [0.2, 0.25) is 0 Å². The van der Waals surface area contributed by atoms with Crippen molar-refractivity contribution in [1.82, 2.24) is 19.6 Å². The number of anilines is 1. The van der Waals surface area contributed by atoms with E-state index in [1.807, 2.05) is 13.8 Å². The lowest BCUT2D eigenvalue weighted by atomic mass is 9.99. The molecule has 3 amide bonds. The normalized spacial score (nSPS) is 21.6. The van der Waals surface area contributed by atoms with E-state index in [1.54, 1.807) is 21.5 Å². The Morgan fingerprint density at radius 3 is 2.84 bits per heavy atom. The summed E-state index contributed by atoms with van der Waals surface area (Å²) >= 11 is 3.13. The van der Waals surface area contributed by atoms with Crippen molar-refractivity contribution >= 4 is 33.6 Å². The Labute approximate surface area is 194 Å². The van der Waals surface area contributed by atoms with Crippen LogP contribution in [0.4, 0.5) is 14.9 Å². The summed E-state index contributed by atoms with van der Waals surface area (Å²) in [6.45, 7) is 5.01. The van der Waals surface area contributed by atoms with Crippen molar-refractivity contribution in [1.29, 1.82) is 0 Å². The first kappa shape index (κ1) is 22.7. The second kappa shape index (κ2) is 8.82. The number of aromatic nitrogens is 2. The number of halogens is 2. The molecular formula is C22H27BrFN5O3. The van der Waals surface area contributed by atoms with Crippen LogP contribution in [0.3, 0.4) is 0 Å². The lowest BCUT2D eigenvalue weighted by Crippen LogP contribution is -2.45. The summed E-state index contributed by atoms with van der Waals surface area (Å²) in [7, 11) is 1.73. The molecule has 0 saturated heterocycles. The van der Waals surface area contributed by atoms with E-state index in [0.717, 1.165) is 11.3 Å². The number of carbonyl (C=O) groups excluding carboxylic acids is 2. The average Bonchev–Trinajstić information content (AvgIpc) is 3.04. The van der Waals surface area contributed by atoms with Crippen molar-refractivity contribution < 1.29 is 19.1 Å². The van der Waals surface area contributed by atoms with E-state index >= 15 is 0 Å². The monoisotopic (exact) mass is 507 g/mol. The van der Waals surface area contributed by atoms with Crippen LogP contribution in [0.1, 0.15) is 42.0 Å². The third-order valence-corrected chi connectivity index (χ3v) is 6.95. The molecule has 1 aromatic heterocycles. The minimum absolute atomic E-state index is 0.106. The van der Waals surface area contributed by atoms with Crippen LogP contribution in [0.2, 0.25) is 0 Å². The number of carbonyl (C=O) groups is 2. The van der Waals surface area contributed by atoms with E-state index in [1.165, 1.54) is 18.2 Å². The fourth-order valence-electron chi connectivity index (χ4n) is 4.48. The van der Waals surface area contributed by atoms with Crippen molar-refractivity contribution in [2.24, 2.45) is 5.92 Å². The van der Waals surface area contributed by atoms with Gasteiger partial charge in [0.15, 0.2) is 0 Å². The summed E-state index contributed by atoms with van der Waals surface area (Å²) in [5.41, 5.74) is 2.53. The Morgan fingerprint density at radius 2 is 2.16 bits per heavy atom. The summed E-state index contributed by atoms with van der Waals surface area (Å²) in [5.74, 6) is -0.664. The highest BCUT2D eigenvalue weighted by Gasteiger charge is 2.38. The van der Waals surface area contributed by atoms with E-state index < -0.39 is 11.9 Å². The first-order chi connectivity index (χ1) is 15.2. The number of fused-ring (bicyclic) bond motifs is 3. The molecule has 0 aliphatic carbocycles. The largest absolute Gasteiger partial charge is 0.393 e. The van der Waals surface area contributed by atoms with Gasteiger partial charge in [-0.1, -0.05) is 6.92 Å². The van der Waals surface area contributed by atoms with Crippen molar-refractivity contribution in [2.45, 2.75) is 51.9 Å². The standard InChI is InChI=1S/C22H27BrFN5O3/c1-4-19(30)13-9-27(3)21(31)20-15-11-28(12(2)7-18(15)26-29(20)10-13)22(32)25-14-5-6-17(24)16(23)8-14/h5-6,8,12-13,19,30H,4,7,9-11H2,1-3H3,(H,25,32). The van der Waals surface area contributed by atoms with Crippen LogP contribution in [0.5, 0.6) is 0 Å². The van der Waals surface area contributed by atoms with E-state index in [-0.39, 0.29) is 34.9 Å². The van der Waals surface area contributed by atoms with Crippen molar-refractivity contribution in [3.8, 4) is 0 Å². The van der Waals surface area contributed by atoms with E-state index in [2.05, 4.69) is 21.2 Å². The third kappa shape index (κ3) is 4.13. The van der Waals surface area contributed by atoms with Gasteiger partial charge in [-0.15, -0.1) is 0 Å². The maximum absolute atomic E-state index is 13.5. The Morgan fingerprint density at radius 1 is 1.41 bits per heavy atom. The molecular weight excluding hydrogens is 481 g/mol. The van der Waals surface area contributed by atoms with Crippen molar-refractivity contribution in [3.63, 3.8) is 0 Å². The molecule has 0 bridgehead atoms. The minimum Gasteiger partial charge on any atom is -0.393 e. The first-order valence-electron chi connectivity index (χ1n) is 10.7. The van der Waals surface area contributed by atoms with E-state index in [9.17, 15) is 19.1 Å². The van der Waals surface area contributed by atoms with Gasteiger partial charge in [0.05, 0.1) is 22.8 Å². The Hall–Kier alpha value is -2.46. The Bertz CT molecular complexity index is 1060. The maximum Gasteiger partial charge on any atom is 0.322 e. The van der Waals surface area contributed by atoms with E-state index in [0.29, 0.717) is 37.3 Å². The van der Waals surface area contributed by atoms with Gasteiger partial charge >= 0.3 is 6.03 Å². The Kier molecular flexibility index (Phi) is 6.26. The van der Waals surface area contributed by atoms with Gasteiger partial charge in [-0.3, -0.25) is 9.48 Å². The number of nitrogens with zero attached hydrogens (tertiary/aromatic N) is 4. The van der Waals surface area contributed by atoms with Gasteiger partial charge in [-0.05, 0) is 47.5 Å². The molecule has 0 fully saturated rings. The van der Waals surface area contributed by atoms with Crippen LogP contribution >= 0.6 is 15.9 Å². The number of aliphatic hydroxyl groups is 1. The number of nitrogens with one attached hydrogen (secondary N) is 1. The predicted octanol–water partition coefficient (Wildman–Crippen LogP) is 3.24. The first-order valence-corrected chi connectivity index (χ1v) is 11.5. The van der Waals surface area contributed by atoms with Gasteiger partial charge in [-0.2, -0.15) is 5.10 Å². The molecule has 1 aromatic carbocycles. The molecule has 3 heterocycles. The smallest absolute Gasteiger partial charge is 0.322 e. The topological polar surface area (TPSA) is 90.7 Å². The third-order valence-electron chi connectivity index (χ3n) is 6.34. The fourth-order valence-corrected chi connectivity index (χ4v) is 4.86. The van der Waals surface area contributed by atoms with Crippen molar-refractivity contribution in [2.75, 3.05) is 18.9 Å². The van der Waals surface area contributed by atoms with Crippen LogP contribution in [0.15, 0.2) is 22.7 Å². The molecule has 2 aromatic rings. The molecule has 0 saturated carbocycles. The van der Waals surface area contributed by atoms with Gasteiger partial charge in [0, 0.05) is 49.8 Å². The highest BCUT2D eigenvalue weighted by molar-refractivity contribution is 9.10. The highest BCUT2D eigenvalue weighted by Crippen LogP contribution is 2.30. The molecule has 2 N–H and O–H groups in total. The number of hydrogen-bond acceptors (Lipinski definition) is 4. The van der Waals surface area contributed by atoms with E-state index in [4.69, 9.17) is 5.10 Å². The summed E-state index contributed by atoms with van der Waals surface area (Å²) in [4.78, 5) is 29.5. The molecule has 8 nitrogen and oxygen atoms in total. The number of aliphatic hydroxyl groups excluding tert-OH is 1. The molecule has 0 spiro atoms. The minimum atomic E-state index is -0.520. The maximum atomic E-state index is 13.5. The van der Waals surface area contributed by atoms with Crippen LogP contribution in [-0.2, 0) is 19.5 Å². The van der Waals surface area contributed by atoms with Crippen LogP contribution in [0.25, 0.3) is 0 Å². The second-order valence-electron chi connectivity index (χ2n) is 8.62. The number of benzene rings is 1. The molecule has 2 aliphatic heterocycles. The van der Waals surface area contributed by atoms with Crippen LogP contribution in [-0.4, -0.2) is 62.4 Å². The highest BCUT2D eigenvalue weighted by atomic mass is 79.9. The molecule has 4 rings (SSSR count). The molecule has 10 heteroatoms. The quantitative estimate of drug-likeness (QED) is 0.667. The number of hydrogen-bond donors (Lipinski definition) is 2. The molecule has 32 heavy (non-hydrogen) atoms. The molecule has 3 atom stereocenters. The fraction of sp³-hybridized carbons (Fsp3) is 0.500. The molecule has 0 radical (unpaired) electrons. The Balaban J connectivity index is 1.61. The average molecular weight is 508 g/mol. The lowest BCUT2D eigenvalue weighted by Gasteiger charge is -2.33.